The van der Waals surface area contributed by atoms with Crippen LogP contribution in [0.15, 0.2) is 29.6 Å². The summed E-state index contributed by atoms with van der Waals surface area (Å²) >= 11 is 0. The highest BCUT2D eigenvalue weighted by Gasteiger charge is 2.56. The molecule has 2 N–H and O–H groups in total. The van der Waals surface area contributed by atoms with E-state index < -0.39 is 23.5 Å². The van der Waals surface area contributed by atoms with Gasteiger partial charge >= 0.3 is 0 Å². The van der Waals surface area contributed by atoms with Crippen LogP contribution in [0.4, 0.5) is 0 Å². The first-order chi connectivity index (χ1) is 12.5. The van der Waals surface area contributed by atoms with Gasteiger partial charge in [-0.15, -0.1) is 11.3 Å². The Bertz CT molecular complexity index is 776. The molecular formula is C18H21BN4O4. The number of amides is 2. The van der Waals surface area contributed by atoms with Crippen LogP contribution in [-0.4, -0.2) is 36.8 Å². The van der Waals surface area contributed by atoms with Gasteiger partial charge in [0.25, 0.3) is 18.5 Å². The summed E-state index contributed by atoms with van der Waals surface area (Å²) in [6.45, 7) is 1.74. The monoisotopic (exact) mass is 368 g/mol. The number of hydrogen-bond donors (Lipinski definition) is 2. The van der Waals surface area contributed by atoms with Gasteiger partial charge < -0.3 is 10.1 Å². The van der Waals surface area contributed by atoms with Crippen molar-refractivity contribution in [3.8, 4) is 18.3 Å². The average Bonchev–Trinajstić information content (AvgIpc) is 2.62. The third-order valence-electron chi connectivity index (χ3n) is 4.33. The number of carbonyl (C=O) groups excluding carboxylic acids is 2. The van der Waals surface area contributed by atoms with Gasteiger partial charge in [-0.25, -0.2) is 10.7 Å². The van der Waals surface area contributed by atoms with Crippen molar-refractivity contribution in [2.75, 3.05) is 6.61 Å². The molecule has 1 heterocycles. The topological polar surface area (TPSA) is 121 Å². The molecular weight excluding hydrogens is 347 g/mol. The van der Waals surface area contributed by atoms with Gasteiger partial charge in [-0.05, 0) is 43.8 Å². The molecule has 1 unspecified atom stereocenters. The second-order valence-electron chi connectivity index (χ2n) is 5.93. The number of hydrogen-bond acceptors (Lipinski definition) is 6. The predicted molar refractivity (Wildman–Crippen MR) is 102 cm³/mol. The number of nitriles is 1. The van der Waals surface area contributed by atoms with Gasteiger partial charge in [-0.1, -0.05) is 13.3 Å². The summed E-state index contributed by atoms with van der Waals surface area (Å²) in [5.74, 6) is 3.23. The lowest BCUT2D eigenvalue weighted by atomic mass is 9.29. The summed E-state index contributed by atoms with van der Waals surface area (Å²) in [6.07, 6.45) is 5.82. The van der Waals surface area contributed by atoms with Crippen molar-refractivity contribution >= 4 is 18.5 Å². The van der Waals surface area contributed by atoms with Gasteiger partial charge in [0.2, 0.25) is 0 Å². The lowest BCUT2D eigenvalue weighted by molar-refractivity contribution is -0.133. The predicted octanol–water partition coefficient (Wildman–Crippen LogP) is 1.55. The molecule has 0 bridgehead atoms. The van der Waals surface area contributed by atoms with Crippen LogP contribution in [0.1, 0.15) is 30.3 Å². The van der Waals surface area contributed by atoms with E-state index in [1.165, 1.54) is 12.1 Å². The summed E-state index contributed by atoms with van der Waals surface area (Å²) in [5, 5.41) is 14.0. The van der Waals surface area contributed by atoms with Crippen molar-refractivity contribution in [1.82, 2.24) is 10.7 Å². The molecule has 1 aliphatic rings. The Kier molecular flexibility index (Phi) is 7.71. The van der Waals surface area contributed by atoms with Crippen molar-refractivity contribution in [1.29, 1.82) is 5.26 Å². The van der Waals surface area contributed by atoms with Crippen LogP contribution in [0.25, 0.3) is 0 Å². The quantitative estimate of drug-likeness (QED) is 0.327. The fraction of sp³-hybridized carbons (Fsp3) is 0.389. The summed E-state index contributed by atoms with van der Waals surface area (Å²) in [5.41, 5.74) is 1.66. The minimum atomic E-state index is -1.16. The Morgan fingerprint density at radius 1 is 1.41 bits per heavy atom. The Labute approximate surface area is 158 Å². The SMILES string of the molecule is C.C#Cc1ccc(C(=O)NC(C(=O)NN=O)C2(OCC)CB(C#N)C2)cc1. The van der Waals surface area contributed by atoms with Crippen molar-refractivity contribution in [3.05, 3.63) is 40.3 Å². The van der Waals surface area contributed by atoms with Crippen molar-refractivity contribution < 1.29 is 14.3 Å². The summed E-state index contributed by atoms with van der Waals surface area (Å²) in [4.78, 5) is 35.3. The Hall–Kier alpha value is -3.17. The molecule has 9 heteroatoms. The standard InChI is InChI=1S/C17H17BN4O4.CH4/c1-3-12-5-7-13(8-6-12)15(23)20-14(16(24)21-22-25)17(26-4-2)9-18(10-17)11-19;/h1,5-8,14H,4,9-10H2,2H3,(H,20,23)(H,21,24,25);1H4. The van der Waals surface area contributed by atoms with E-state index in [0.29, 0.717) is 11.1 Å². The third-order valence-corrected chi connectivity index (χ3v) is 4.33. The number of terminal acetylenes is 1. The van der Waals surface area contributed by atoms with E-state index in [-0.39, 0.29) is 33.4 Å². The van der Waals surface area contributed by atoms with Crippen LogP contribution in [0, 0.1) is 28.5 Å². The Morgan fingerprint density at radius 2 is 2.04 bits per heavy atom. The number of carbonyl (C=O) groups is 2. The number of benzene rings is 1. The normalized spacial score (nSPS) is 15.0. The van der Waals surface area contributed by atoms with Crippen LogP contribution < -0.4 is 10.7 Å². The molecule has 0 aliphatic carbocycles. The molecule has 0 spiro atoms. The number of nitroso groups, excluding NO2 is 1. The molecule has 2 rings (SSSR count). The highest BCUT2D eigenvalue weighted by molar-refractivity contribution is 6.70. The zero-order valence-electron chi connectivity index (χ0n) is 14.2. The van der Waals surface area contributed by atoms with E-state index in [2.05, 4.69) is 22.5 Å². The van der Waals surface area contributed by atoms with E-state index in [1.807, 2.05) is 5.43 Å². The van der Waals surface area contributed by atoms with Gasteiger partial charge in [0.05, 0.1) is 10.9 Å². The largest absolute Gasteiger partial charge is 0.374 e. The van der Waals surface area contributed by atoms with Gasteiger partial charge in [-0.3, -0.25) is 9.59 Å². The number of ether oxygens (including phenoxy) is 1. The van der Waals surface area contributed by atoms with Gasteiger partial charge in [0, 0.05) is 23.7 Å². The smallest absolute Gasteiger partial charge is 0.273 e. The first-order valence-corrected chi connectivity index (χ1v) is 8.03. The van der Waals surface area contributed by atoms with E-state index in [9.17, 15) is 14.5 Å². The number of nitrogens with zero attached hydrogens (tertiary/aromatic N) is 2. The zero-order chi connectivity index (χ0) is 19.2. The third kappa shape index (κ3) is 4.72. The lowest BCUT2D eigenvalue weighted by Gasteiger charge is -2.47. The Morgan fingerprint density at radius 3 is 2.52 bits per heavy atom. The highest BCUT2D eigenvalue weighted by atomic mass is 16.5. The number of rotatable bonds is 7. The molecule has 0 radical (unpaired) electrons. The van der Waals surface area contributed by atoms with E-state index >= 15 is 0 Å². The van der Waals surface area contributed by atoms with Gasteiger partial charge in [0.15, 0.2) is 0 Å². The van der Waals surface area contributed by atoms with Crippen LogP contribution in [0.5, 0.6) is 0 Å². The molecule has 1 aromatic rings. The highest BCUT2D eigenvalue weighted by Crippen LogP contribution is 2.40. The molecule has 1 aromatic carbocycles. The Balaban J connectivity index is 0.00000364. The fourth-order valence-corrected chi connectivity index (χ4v) is 3.07. The molecule has 140 valence electrons. The molecule has 1 fully saturated rings. The molecule has 27 heavy (non-hydrogen) atoms. The molecule has 1 aliphatic heterocycles. The molecule has 1 saturated heterocycles. The summed E-state index contributed by atoms with van der Waals surface area (Å²) in [7, 11) is 0. The van der Waals surface area contributed by atoms with Crippen LogP contribution in [0.3, 0.4) is 0 Å². The maximum atomic E-state index is 12.5. The minimum Gasteiger partial charge on any atom is -0.374 e. The molecule has 2 amide bonds. The van der Waals surface area contributed by atoms with Crippen molar-refractivity contribution in [2.24, 2.45) is 5.29 Å². The maximum Gasteiger partial charge on any atom is 0.273 e. The lowest BCUT2D eigenvalue weighted by Crippen LogP contribution is -2.67. The molecule has 1 atom stereocenters. The summed E-state index contributed by atoms with van der Waals surface area (Å²) < 4.78 is 5.70. The van der Waals surface area contributed by atoms with Crippen molar-refractivity contribution in [2.45, 2.75) is 38.6 Å². The molecule has 8 nitrogen and oxygen atoms in total. The van der Waals surface area contributed by atoms with E-state index in [0.717, 1.165) is 0 Å². The van der Waals surface area contributed by atoms with Crippen LogP contribution >= 0.6 is 0 Å². The molecule has 0 aromatic heterocycles. The second-order valence-corrected chi connectivity index (χ2v) is 5.93. The van der Waals surface area contributed by atoms with Crippen LogP contribution in [-0.2, 0) is 9.53 Å². The van der Waals surface area contributed by atoms with Gasteiger partial charge in [0.1, 0.15) is 6.04 Å². The first-order valence-electron chi connectivity index (χ1n) is 8.03. The van der Waals surface area contributed by atoms with Gasteiger partial charge in [-0.2, -0.15) is 0 Å². The second kappa shape index (κ2) is 9.51. The molecule has 0 saturated carbocycles. The fourth-order valence-electron chi connectivity index (χ4n) is 3.07. The average molecular weight is 368 g/mol. The van der Waals surface area contributed by atoms with E-state index in [4.69, 9.17) is 16.4 Å². The maximum absolute atomic E-state index is 12.5. The number of nitrogens with one attached hydrogen (secondary N) is 2. The van der Waals surface area contributed by atoms with Crippen LogP contribution in [0.2, 0.25) is 12.6 Å². The first kappa shape index (κ1) is 21.9. The minimum absolute atomic E-state index is 0. The van der Waals surface area contributed by atoms with E-state index in [1.54, 1.807) is 19.1 Å². The zero-order valence-corrected chi connectivity index (χ0v) is 14.2. The van der Waals surface area contributed by atoms with Crippen molar-refractivity contribution in [3.63, 3.8) is 0 Å². The summed E-state index contributed by atoms with van der Waals surface area (Å²) in [6, 6.07) is 5.10.